The van der Waals surface area contributed by atoms with Crippen LogP contribution in [0.4, 0.5) is 0 Å². The molecule has 2 heterocycles. The van der Waals surface area contributed by atoms with Crippen molar-refractivity contribution in [2.24, 2.45) is 29.1 Å². The lowest BCUT2D eigenvalue weighted by molar-refractivity contribution is -0.306. The molecule has 0 aromatic rings. The smallest absolute Gasteiger partial charge is 0.312 e. The van der Waals surface area contributed by atoms with Crippen LogP contribution in [0, 0.1) is 29.1 Å². The fraction of sp³-hybridized carbons (Fsp3) is 0.952. The molecule has 178 valence electrons. The number of hydrogen-bond donors (Lipinski definition) is 6. The fourth-order valence-electron chi connectivity index (χ4n) is 6.45. The van der Waals surface area contributed by atoms with Gasteiger partial charge in [-0.25, -0.2) is 0 Å². The summed E-state index contributed by atoms with van der Waals surface area (Å²) in [4.78, 5) is 12.6. The Morgan fingerprint density at radius 2 is 1.81 bits per heavy atom. The van der Waals surface area contributed by atoms with Crippen molar-refractivity contribution in [3.8, 4) is 0 Å². The van der Waals surface area contributed by atoms with E-state index in [0.717, 1.165) is 0 Å². The van der Waals surface area contributed by atoms with Gasteiger partial charge in [0.1, 0.15) is 30.0 Å². The van der Waals surface area contributed by atoms with Crippen LogP contribution in [0.25, 0.3) is 0 Å². The summed E-state index contributed by atoms with van der Waals surface area (Å²) < 4.78 is 16.6. The molecule has 0 aromatic heterocycles. The van der Waals surface area contributed by atoms with Crippen molar-refractivity contribution in [2.45, 2.75) is 82.1 Å². The number of carbonyl (C=O) groups excluding carboxylic acids is 1. The van der Waals surface area contributed by atoms with Crippen LogP contribution in [-0.2, 0) is 19.0 Å². The summed E-state index contributed by atoms with van der Waals surface area (Å²) in [6.45, 7) is 5.00. The third-order valence-electron chi connectivity index (χ3n) is 8.52. The minimum atomic E-state index is -1.54. The maximum Gasteiger partial charge on any atom is 0.312 e. The molecule has 0 spiro atoms. The second kappa shape index (κ2) is 7.88. The third-order valence-corrected chi connectivity index (χ3v) is 8.52. The summed E-state index contributed by atoms with van der Waals surface area (Å²) in [5.74, 6) is -2.02. The Morgan fingerprint density at radius 1 is 1.13 bits per heavy atom. The van der Waals surface area contributed by atoms with Gasteiger partial charge >= 0.3 is 5.97 Å². The average Bonchev–Trinajstić information content (AvgIpc) is 3.17. The minimum absolute atomic E-state index is 0.0560. The van der Waals surface area contributed by atoms with Gasteiger partial charge in [-0.3, -0.25) is 4.79 Å². The van der Waals surface area contributed by atoms with Gasteiger partial charge in [-0.1, -0.05) is 20.8 Å². The molecular formula is C21H34O10. The Morgan fingerprint density at radius 3 is 2.42 bits per heavy atom. The topological polar surface area (TPSA) is 166 Å². The molecule has 2 aliphatic carbocycles. The molecule has 12 atom stereocenters. The number of esters is 1. The number of fused-ring (bicyclic) bond motifs is 4. The van der Waals surface area contributed by atoms with Crippen molar-refractivity contribution in [3.63, 3.8) is 0 Å². The Balaban J connectivity index is 1.52. The van der Waals surface area contributed by atoms with E-state index in [1.807, 2.05) is 20.8 Å². The van der Waals surface area contributed by atoms with Crippen LogP contribution in [0.5, 0.6) is 0 Å². The molecule has 2 saturated carbocycles. The molecule has 4 rings (SSSR count). The Kier molecular flexibility index (Phi) is 5.92. The monoisotopic (exact) mass is 446 g/mol. The number of carbonyl (C=O) groups is 1. The lowest BCUT2D eigenvalue weighted by Crippen LogP contribution is -2.66. The van der Waals surface area contributed by atoms with Crippen LogP contribution in [0.2, 0.25) is 0 Å². The van der Waals surface area contributed by atoms with Crippen LogP contribution in [0.15, 0.2) is 0 Å². The quantitative estimate of drug-likeness (QED) is 0.264. The molecule has 4 aliphatic rings. The zero-order chi connectivity index (χ0) is 22.9. The van der Waals surface area contributed by atoms with Crippen molar-refractivity contribution in [2.75, 3.05) is 13.2 Å². The van der Waals surface area contributed by atoms with E-state index in [4.69, 9.17) is 14.2 Å². The molecule has 0 aromatic carbocycles. The van der Waals surface area contributed by atoms with Crippen molar-refractivity contribution in [3.05, 3.63) is 0 Å². The molecule has 0 radical (unpaired) electrons. The average molecular weight is 446 g/mol. The molecule has 6 N–H and O–H groups in total. The number of aliphatic hydroxyl groups excluding tert-OH is 5. The molecule has 2 bridgehead atoms. The summed E-state index contributed by atoms with van der Waals surface area (Å²) in [7, 11) is 0. The van der Waals surface area contributed by atoms with Crippen LogP contribution < -0.4 is 0 Å². The van der Waals surface area contributed by atoms with Crippen LogP contribution in [-0.4, -0.2) is 98.3 Å². The van der Waals surface area contributed by atoms with Crippen LogP contribution in [0.1, 0.15) is 33.6 Å². The van der Waals surface area contributed by atoms with Crippen molar-refractivity contribution >= 4 is 5.97 Å². The highest BCUT2D eigenvalue weighted by atomic mass is 16.7. The predicted molar refractivity (Wildman–Crippen MR) is 103 cm³/mol. The van der Waals surface area contributed by atoms with E-state index in [2.05, 4.69) is 0 Å². The molecule has 31 heavy (non-hydrogen) atoms. The SMILES string of the molecule is CC(C)[C@]1(O)C2C(=O)OC1[C@H](O)[C@]1(C)[C@@H](CO[C@@H]3O[C@H](CO)[C@H](O)[C@H](O)[C@H]3O)CC[C@H]21. The first-order valence-electron chi connectivity index (χ1n) is 11.0. The van der Waals surface area contributed by atoms with E-state index in [-0.39, 0.29) is 24.4 Å². The summed E-state index contributed by atoms with van der Waals surface area (Å²) in [6.07, 6.45) is -7.76. The van der Waals surface area contributed by atoms with Gasteiger partial charge < -0.3 is 44.8 Å². The molecule has 10 nitrogen and oxygen atoms in total. The van der Waals surface area contributed by atoms with Gasteiger partial charge in [0.05, 0.1) is 25.2 Å². The fourth-order valence-corrected chi connectivity index (χ4v) is 6.45. The number of rotatable bonds is 5. The van der Waals surface area contributed by atoms with E-state index < -0.39 is 72.4 Å². The van der Waals surface area contributed by atoms with E-state index in [0.29, 0.717) is 12.8 Å². The predicted octanol–water partition coefficient (Wildman–Crippen LogP) is -1.86. The highest BCUT2D eigenvalue weighted by molar-refractivity contribution is 5.78. The largest absolute Gasteiger partial charge is 0.456 e. The molecule has 4 fully saturated rings. The van der Waals surface area contributed by atoms with Gasteiger partial charge in [0.2, 0.25) is 0 Å². The number of ether oxygens (including phenoxy) is 3. The first-order chi connectivity index (χ1) is 14.5. The second-order valence-corrected chi connectivity index (χ2v) is 10.1. The van der Waals surface area contributed by atoms with Crippen molar-refractivity contribution < 1.29 is 49.6 Å². The molecule has 2 unspecified atom stereocenters. The highest BCUT2D eigenvalue weighted by Crippen LogP contribution is 2.64. The summed E-state index contributed by atoms with van der Waals surface area (Å²) in [5, 5.41) is 62.0. The van der Waals surface area contributed by atoms with Gasteiger partial charge in [-0.15, -0.1) is 0 Å². The van der Waals surface area contributed by atoms with Gasteiger partial charge in [0.15, 0.2) is 12.4 Å². The van der Waals surface area contributed by atoms with Crippen molar-refractivity contribution in [1.82, 2.24) is 0 Å². The normalized spacial score (nSPS) is 54.2. The summed E-state index contributed by atoms with van der Waals surface area (Å²) in [6, 6.07) is 0. The molecular weight excluding hydrogens is 412 g/mol. The van der Waals surface area contributed by atoms with Crippen molar-refractivity contribution in [1.29, 1.82) is 0 Å². The molecule has 0 amide bonds. The first-order valence-corrected chi connectivity index (χ1v) is 11.0. The maximum atomic E-state index is 12.6. The number of hydrogen-bond acceptors (Lipinski definition) is 10. The van der Waals surface area contributed by atoms with E-state index in [9.17, 15) is 35.4 Å². The third kappa shape index (κ3) is 3.11. The van der Waals surface area contributed by atoms with E-state index in [1.54, 1.807) is 0 Å². The summed E-state index contributed by atoms with van der Waals surface area (Å²) in [5.41, 5.74) is -2.20. The Labute approximate surface area is 180 Å². The standard InChI is InChI=1S/C21H34O10/c1-8(2)21(28)12-10-5-4-9(20(10,3)16(26)17(21)31-18(12)27)7-29-19-15(25)14(24)13(23)11(6-22)30-19/h8-17,19,22-26,28H,4-7H2,1-3H3/t9-,10-,11-,12?,13+,14+,15-,16+,17?,19-,20-,21+/m1/s1. The molecule has 2 saturated heterocycles. The zero-order valence-electron chi connectivity index (χ0n) is 18.0. The lowest BCUT2D eigenvalue weighted by atomic mass is 9.53. The van der Waals surface area contributed by atoms with E-state index in [1.165, 1.54) is 0 Å². The van der Waals surface area contributed by atoms with Crippen LogP contribution in [0.3, 0.4) is 0 Å². The van der Waals surface area contributed by atoms with E-state index >= 15 is 0 Å². The molecule has 2 aliphatic heterocycles. The lowest BCUT2D eigenvalue weighted by Gasteiger charge is -2.53. The Bertz CT molecular complexity index is 700. The van der Waals surface area contributed by atoms with Gasteiger partial charge in [0.25, 0.3) is 0 Å². The van der Waals surface area contributed by atoms with Gasteiger partial charge in [-0.2, -0.15) is 0 Å². The zero-order valence-corrected chi connectivity index (χ0v) is 18.0. The van der Waals surface area contributed by atoms with Crippen LogP contribution >= 0.6 is 0 Å². The van der Waals surface area contributed by atoms with Gasteiger partial charge in [0, 0.05) is 5.41 Å². The number of aliphatic hydroxyl groups is 6. The molecule has 10 heteroatoms. The minimum Gasteiger partial charge on any atom is -0.456 e. The highest BCUT2D eigenvalue weighted by Gasteiger charge is 2.74. The second-order valence-electron chi connectivity index (χ2n) is 10.1. The first kappa shape index (κ1) is 23.3. The van der Waals surface area contributed by atoms with Gasteiger partial charge in [-0.05, 0) is 30.6 Å². The Hall–Kier alpha value is -0.850. The summed E-state index contributed by atoms with van der Waals surface area (Å²) >= 11 is 0. The maximum absolute atomic E-state index is 12.6.